The quantitative estimate of drug-likeness (QED) is 0.886. The van der Waals surface area contributed by atoms with Crippen molar-refractivity contribution in [3.05, 3.63) is 36.1 Å². The van der Waals surface area contributed by atoms with Crippen LogP contribution >= 0.6 is 0 Å². The molecule has 1 aromatic carbocycles. The Kier molecular flexibility index (Phi) is 4.62. The van der Waals surface area contributed by atoms with Gasteiger partial charge >= 0.3 is 5.97 Å². The lowest BCUT2D eigenvalue weighted by atomic mass is 10.1. The molecule has 0 aliphatic carbocycles. The monoisotopic (exact) mass is 289 g/mol. The van der Waals surface area contributed by atoms with Crippen molar-refractivity contribution in [2.45, 2.75) is 32.2 Å². The summed E-state index contributed by atoms with van der Waals surface area (Å²) < 4.78 is 5.76. The van der Waals surface area contributed by atoms with E-state index in [1.165, 1.54) is 0 Å². The minimum absolute atomic E-state index is 0.0125. The number of amides is 1. The molecule has 5 heteroatoms. The average Bonchev–Trinajstić information content (AvgIpc) is 2.89. The second-order valence-electron chi connectivity index (χ2n) is 5.11. The minimum Gasteiger partial charge on any atom is -0.481 e. The highest BCUT2D eigenvalue weighted by Gasteiger charge is 2.20. The number of carboxylic acid groups (broad SMARTS) is 1. The molecular formula is C16H19NO4. The fourth-order valence-electron chi connectivity index (χ4n) is 2.18. The molecule has 0 saturated heterocycles. The van der Waals surface area contributed by atoms with Gasteiger partial charge in [-0.05, 0) is 25.5 Å². The number of benzene rings is 1. The second-order valence-corrected chi connectivity index (χ2v) is 5.11. The number of rotatable bonds is 6. The van der Waals surface area contributed by atoms with Gasteiger partial charge < -0.3 is 14.4 Å². The molecule has 2 rings (SSSR count). The molecule has 0 aliphatic rings. The molecule has 0 saturated carbocycles. The summed E-state index contributed by atoms with van der Waals surface area (Å²) in [6.07, 6.45) is 0.595. The van der Waals surface area contributed by atoms with Crippen LogP contribution in [0.3, 0.4) is 0 Å². The van der Waals surface area contributed by atoms with Crippen LogP contribution in [-0.2, 0) is 9.59 Å². The van der Waals surface area contributed by atoms with Crippen molar-refractivity contribution in [2.24, 2.45) is 0 Å². The van der Waals surface area contributed by atoms with Crippen LogP contribution in [0.2, 0.25) is 0 Å². The van der Waals surface area contributed by atoms with Gasteiger partial charge in [0.2, 0.25) is 5.91 Å². The number of nitrogens with zero attached hydrogens (tertiary/aromatic N) is 1. The van der Waals surface area contributed by atoms with Gasteiger partial charge in [0.05, 0.1) is 6.04 Å². The SMILES string of the molecule is C[C@@H](c1cc2ccccc2o1)N(C)C(=O)CCCC(=O)O. The summed E-state index contributed by atoms with van der Waals surface area (Å²) in [5, 5.41) is 9.60. The van der Waals surface area contributed by atoms with Gasteiger partial charge in [0.15, 0.2) is 0 Å². The minimum atomic E-state index is -0.879. The van der Waals surface area contributed by atoms with Crippen molar-refractivity contribution in [3.8, 4) is 0 Å². The lowest BCUT2D eigenvalue weighted by Gasteiger charge is -2.23. The van der Waals surface area contributed by atoms with Crippen LogP contribution in [0.5, 0.6) is 0 Å². The van der Waals surface area contributed by atoms with Gasteiger partial charge in [0, 0.05) is 25.3 Å². The fraction of sp³-hybridized carbons (Fsp3) is 0.375. The Morgan fingerprint density at radius 3 is 2.67 bits per heavy atom. The third-order valence-electron chi connectivity index (χ3n) is 3.61. The first-order chi connectivity index (χ1) is 9.99. The van der Waals surface area contributed by atoms with Crippen LogP contribution in [-0.4, -0.2) is 28.9 Å². The van der Waals surface area contributed by atoms with E-state index in [9.17, 15) is 9.59 Å². The van der Waals surface area contributed by atoms with Crippen LogP contribution in [0.4, 0.5) is 0 Å². The van der Waals surface area contributed by atoms with E-state index in [-0.39, 0.29) is 24.8 Å². The van der Waals surface area contributed by atoms with Gasteiger partial charge in [-0.3, -0.25) is 9.59 Å². The van der Waals surface area contributed by atoms with Crippen LogP contribution in [0.1, 0.15) is 38.0 Å². The first kappa shape index (κ1) is 15.1. The van der Waals surface area contributed by atoms with Crippen molar-refractivity contribution in [3.63, 3.8) is 0 Å². The molecule has 0 aliphatic heterocycles. The number of carboxylic acids is 1. The maximum atomic E-state index is 12.0. The van der Waals surface area contributed by atoms with Crippen molar-refractivity contribution < 1.29 is 19.1 Å². The largest absolute Gasteiger partial charge is 0.481 e. The molecule has 21 heavy (non-hydrogen) atoms. The number of fused-ring (bicyclic) bond motifs is 1. The Morgan fingerprint density at radius 2 is 2.00 bits per heavy atom. The molecule has 112 valence electrons. The normalized spacial score (nSPS) is 12.3. The number of hydrogen-bond acceptors (Lipinski definition) is 3. The Labute approximate surface area is 123 Å². The van der Waals surface area contributed by atoms with E-state index < -0.39 is 5.97 Å². The topological polar surface area (TPSA) is 70.8 Å². The molecule has 0 bridgehead atoms. The van der Waals surface area contributed by atoms with Crippen LogP contribution in [0.15, 0.2) is 34.7 Å². The van der Waals surface area contributed by atoms with Crippen LogP contribution < -0.4 is 0 Å². The molecule has 2 aromatic rings. The van der Waals surface area contributed by atoms with Crippen molar-refractivity contribution >= 4 is 22.8 Å². The molecule has 5 nitrogen and oxygen atoms in total. The number of furan rings is 1. The summed E-state index contributed by atoms with van der Waals surface area (Å²) in [5.41, 5.74) is 0.797. The molecule has 1 atom stereocenters. The fourth-order valence-corrected chi connectivity index (χ4v) is 2.18. The molecule has 1 heterocycles. The van der Waals surface area contributed by atoms with E-state index in [2.05, 4.69) is 0 Å². The van der Waals surface area contributed by atoms with E-state index >= 15 is 0 Å². The number of carbonyl (C=O) groups excluding carboxylic acids is 1. The first-order valence-corrected chi connectivity index (χ1v) is 6.95. The standard InChI is InChI=1S/C16H19NO4/c1-11(17(2)15(18)8-5-9-16(19)20)14-10-12-6-3-4-7-13(12)21-14/h3-4,6-7,10-11H,5,8-9H2,1-2H3,(H,19,20)/t11-/m0/s1. The highest BCUT2D eigenvalue weighted by atomic mass is 16.4. The average molecular weight is 289 g/mol. The predicted molar refractivity (Wildman–Crippen MR) is 78.9 cm³/mol. The molecular weight excluding hydrogens is 270 g/mol. The predicted octanol–water partition coefficient (Wildman–Crippen LogP) is 3.21. The van der Waals surface area contributed by atoms with E-state index in [1.54, 1.807) is 11.9 Å². The van der Waals surface area contributed by atoms with Gasteiger partial charge in [-0.15, -0.1) is 0 Å². The maximum Gasteiger partial charge on any atom is 0.303 e. The summed E-state index contributed by atoms with van der Waals surface area (Å²) in [5.74, 6) is -0.231. The highest BCUT2D eigenvalue weighted by Crippen LogP contribution is 2.27. The summed E-state index contributed by atoms with van der Waals surface area (Å²) >= 11 is 0. The summed E-state index contributed by atoms with van der Waals surface area (Å²) in [6, 6.07) is 9.44. The first-order valence-electron chi connectivity index (χ1n) is 6.95. The number of para-hydroxylation sites is 1. The van der Waals surface area contributed by atoms with Crippen molar-refractivity contribution in [1.82, 2.24) is 4.90 Å². The van der Waals surface area contributed by atoms with Crippen molar-refractivity contribution in [1.29, 1.82) is 0 Å². The zero-order valence-electron chi connectivity index (χ0n) is 12.2. The van der Waals surface area contributed by atoms with E-state index in [1.807, 2.05) is 37.3 Å². The summed E-state index contributed by atoms with van der Waals surface area (Å²) in [7, 11) is 1.71. The Balaban J connectivity index is 2.02. The summed E-state index contributed by atoms with van der Waals surface area (Å²) in [4.78, 5) is 24.1. The van der Waals surface area contributed by atoms with Crippen molar-refractivity contribution in [2.75, 3.05) is 7.05 Å². The van der Waals surface area contributed by atoms with Gasteiger partial charge in [0.25, 0.3) is 0 Å². The number of hydrogen-bond donors (Lipinski definition) is 1. The van der Waals surface area contributed by atoms with Gasteiger partial charge in [-0.1, -0.05) is 18.2 Å². The van der Waals surface area contributed by atoms with Crippen LogP contribution in [0, 0.1) is 0 Å². The Morgan fingerprint density at radius 1 is 1.29 bits per heavy atom. The van der Waals surface area contributed by atoms with Crippen LogP contribution in [0.25, 0.3) is 11.0 Å². The highest BCUT2D eigenvalue weighted by molar-refractivity contribution is 5.79. The number of carbonyl (C=O) groups is 2. The Bertz CT molecular complexity index is 614. The third kappa shape index (κ3) is 3.62. The van der Waals surface area contributed by atoms with Gasteiger partial charge in [0.1, 0.15) is 11.3 Å². The smallest absolute Gasteiger partial charge is 0.303 e. The molecule has 0 fully saturated rings. The van der Waals surface area contributed by atoms with Gasteiger partial charge in [-0.2, -0.15) is 0 Å². The lowest BCUT2D eigenvalue weighted by Crippen LogP contribution is -2.29. The summed E-state index contributed by atoms with van der Waals surface area (Å²) in [6.45, 7) is 1.90. The van der Waals surface area contributed by atoms with E-state index in [4.69, 9.17) is 9.52 Å². The molecule has 0 spiro atoms. The zero-order valence-corrected chi connectivity index (χ0v) is 12.2. The molecule has 0 unspecified atom stereocenters. The molecule has 0 radical (unpaired) electrons. The zero-order chi connectivity index (χ0) is 15.4. The van der Waals surface area contributed by atoms with E-state index in [0.29, 0.717) is 6.42 Å². The molecule has 1 N–H and O–H groups in total. The van der Waals surface area contributed by atoms with E-state index in [0.717, 1.165) is 16.7 Å². The maximum absolute atomic E-state index is 12.0. The van der Waals surface area contributed by atoms with Gasteiger partial charge in [-0.25, -0.2) is 0 Å². The Hall–Kier alpha value is -2.30. The lowest BCUT2D eigenvalue weighted by molar-refractivity contribution is -0.137. The number of aliphatic carboxylic acids is 1. The second kappa shape index (κ2) is 6.43. The molecule has 1 aromatic heterocycles. The third-order valence-corrected chi connectivity index (χ3v) is 3.61. The molecule has 1 amide bonds.